The van der Waals surface area contributed by atoms with Gasteiger partial charge in [-0.25, -0.2) is 9.48 Å². The maximum absolute atomic E-state index is 10.7. The van der Waals surface area contributed by atoms with E-state index in [1.165, 1.54) is 6.20 Å². The van der Waals surface area contributed by atoms with Crippen molar-refractivity contribution in [3.63, 3.8) is 0 Å². The molecule has 0 saturated carbocycles. The van der Waals surface area contributed by atoms with E-state index >= 15 is 0 Å². The fraction of sp³-hybridized carbons (Fsp3) is 0.727. The Bertz CT molecular complexity index is 455. The second kappa shape index (κ2) is 4.33. The molecular weight excluding hydrogens is 236 g/mol. The second-order valence-electron chi connectivity index (χ2n) is 4.93. The van der Waals surface area contributed by atoms with Crippen LogP contribution in [0.4, 0.5) is 0 Å². The van der Waals surface area contributed by atoms with Gasteiger partial charge in [-0.2, -0.15) is 0 Å². The number of aromatic nitrogens is 3. The Labute approximate surface area is 104 Å². The van der Waals surface area contributed by atoms with Crippen molar-refractivity contribution in [3.8, 4) is 0 Å². The van der Waals surface area contributed by atoms with Crippen LogP contribution in [0.5, 0.6) is 0 Å². The minimum Gasteiger partial charge on any atom is -0.476 e. The lowest BCUT2D eigenvalue weighted by Crippen LogP contribution is -2.54. The molecule has 2 aliphatic rings. The number of carbonyl (C=O) groups is 1. The van der Waals surface area contributed by atoms with Crippen LogP contribution in [0.1, 0.15) is 29.9 Å². The zero-order valence-corrected chi connectivity index (χ0v) is 10.2. The number of rotatable bonds is 3. The van der Waals surface area contributed by atoms with Crippen molar-refractivity contribution in [1.82, 2.24) is 19.9 Å². The van der Waals surface area contributed by atoms with E-state index in [-0.39, 0.29) is 17.8 Å². The summed E-state index contributed by atoms with van der Waals surface area (Å²) in [5, 5.41) is 16.3. The highest BCUT2D eigenvalue weighted by Gasteiger charge is 2.39. The van der Waals surface area contributed by atoms with Gasteiger partial charge in [0.05, 0.1) is 18.3 Å². The van der Waals surface area contributed by atoms with Crippen molar-refractivity contribution in [2.75, 3.05) is 19.7 Å². The number of ether oxygens (including phenoxy) is 1. The first kappa shape index (κ1) is 11.6. The molecule has 0 aromatic carbocycles. The van der Waals surface area contributed by atoms with E-state index in [9.17, 15) is 4.79 Å². The Morgan fingerprint density at radius 3 is 2.89 bits per heavy atom. The molecule has 1 aromatic rings. The van der Waals surface area contributed by atoms with E-state index in [4.69, 9.17) is 9.84 Å². The highest BCUT2D eigenvalue weighted by Crippen LogP contribution is 2.29. The molecule has 1 N–H and O–H groups in total. The van der Waals surface area contributed by atoms with Crippen molar-refractivity contribution in [1.29, 1.82) is 0 Å². The van der Waals surface area contributed by atoms with Crippen molar-refractivity contribution < 1.29 is 14.6 Å². The number of aromatic carboxylic acids is 1. The van der Waals surface area contributed by atoms with E-state index < -0.39 is 5.97 Å². The first-order valence-corrected chi connectivity index (χ1v) is 6.16. The van der Waals surface area contributed by atoms with Crippen LogP contribution in [0.15, 0.2) is 6.20 Å². The van der Waals surface area contributed by atoms with Gasteiger partial charge in [-0.05, 0) is 13.3 Å². The standard InChI is InChI=1S/C11H16N4O3/c1-7-10(2-3-18-7)14-4-8(5-14)15-6-9(11(16)17)12-13-15/h6-8,10H,2-5H2,1H3,(H,16,17). The lowest BCUT2D eigenvalue weighted by molar-refractivity contribution is 0.0127. The summed E-state index contributed by atoms with van der Waals surface area (Å²) in [4.78, 5) is 13.1. The molecule has 98 valence electrons. The first-order chi connectivity index (χ1) is 8.65. The Morgan fingerprint density at radius 2 is 2.33 bits per heavy atom. The Morgan fingerprint density at radius 1 is 1.56 bits per heavy atom. The molecule has 18 heavy (non-hydrogen) atoms. The van der Waals surface area contributed by atoms with Gasteiger partial charge in [0.25, 0.3) is 0 Å². The number of hydrogen-bond acceptors (Lipinski definition) is 5. The van der Waals surface area contributed by atoms with Crippen molar-refractivity contribution in [2.24, 2.45) is 0 Å². The van der Waals surface area contributed by atoms with Crippen LogP contribution in [0.3, 0.4) is 0 Å². The highest BCUT2D eigenvalue weighted by atomic mass is 16.5. The molecule has 0 bridgehead atoms. The number of likely N-dealkylation sites (tertiary alicyclic amines) is 1. The Hall–Kier alpha value is -1.47. The average molecular weight is 252 g/mol. The van der Waals surface area contributed by atoms with Crippen LogP contribution in [0.25, 0.3) is 0 Å². The molecule has 0 amide bonds. The zero-order chi connectivity index (χ0) is 12.7. The molecule has 3 heterocycles. The highest BCUT2D eigenvalue weighted by molar-refractivity contribution is 5.84. The van der Waals surface area contributed by atoms with Crippen LogP contribution in [0, 0.1) is 0 Å². The largest absolute Gasteiger partial charge is 0.476 e. The predicted octanol–water partition coefficient (Wildman–Crippen LogP) is 0.0104. The van der Waals surface area contributed by atoms with Crippen molar-refractivity contribution in [2.45, 2.75) is 31.5 Å². The molecule has 0 radical (unpaired) electrons. The molecule has 2 atom stereocenters. The van der Waals surface area contributed by atoms with Gasteiger partial charge in [0.2, 0.25) is 0 Å². The summed E-state index contributed by atoms with van der Waals surface area (Å²) in [6.07, 6.45) is 2.86. The van der Waals surface area contributed by atoms with Crippen LogP contribution >= 0.6 is 0 Å². The van der Waals surface area contributed by atoms with Gasteiger partial charge in [0.15, 0.2) is 5.69 Å². The van der Waals surface area contributed by atoms with E-state index in [1.807, 2.05) is 0 Å². The SMILES string of the molecule is CC1OCCC1N1CC(n2cc(C(=O)O)nn2)C1. The van der Waals surface area contributed by atoms with Gasteiger partial charge in [-0.1, -0.05) is 5.21 Å². The lowest BCUT2D eigenvalue weighted by Gasteiger charge is -2.43. The van der Waals surface area contributed by atoms with Gasteiger partial charge >= 0.3 is 5.97 Å². The molecule has 2 unspecified atom stereocenters. The third-order valence-electron chi connectivity index (χ3n) is 3.80. The molecular formula is C11H16N4O3. The molecule has 2 saturated heterocycles. The first-order valence-electron chi connectivity index (χ1n) is 6.16. The summed E-state index contributed by atoms with van der Waals surface area (Å²) < 4.78 is 7.20. The maximum Gasteiger partial charge on any atom is 0.358 e. The fourth-order valence-electron chi connectivity index (χ4n) is 2.68. The number of hydrogen-bond donors (Lipinski definition) is 1. The predicted molar refractivity (Wildman–Crippen MR) is 61.4 cm³/mol. The monoisotopic (exact) mass is 252 g/mol. The van der Waals surface area contributed by atoms with Gasteiger partial charge in [-0.15, -0.1) is 5.10 Å². The summed E-state index contributed by atoms with van der Waals surface area (Å²) in [6, 6.07) is 0.724. The van der Waals surface area contributed by atoms with E-state index in [1.54, 1.807) is 4.68 Å². The smallest absolute Gasteiger partial charge is 0.358 e. The molecule has 0 aliphatic carbocycles. The third kappa shape index (κ3) is 1.89. The minimum atomic E-state index is -1.03. The van der Waals surface area contributed by atoms with E-state index in [0.29, 0.717) is 6.04 Å². The van der Waals surface area contributed by atoms with Crippen LogP contribution in [-0.2, 0) is 4.74 Å². The molecule has 7 nitrogen and oxygen atoms in total. The quantitative estimate of drug-likeness (QED) is 0.816. The fourth-order valence-corrected chi connectivity index (χ4v) is 2.68. The Kier molecular flexibility index (Phi) is 2.79. The molecule has 3 rings (SSSR count). The normalized spacial score (nSPS) is 29.4. The summed E-state index contributed by atoms with van der Waals surface area (Å²) in [5.41, 5.74) is 0.00557. The summed E-state index contributed by atoms with van der Waals surface area (Å²) in [7, 11) is 0. The number of carboxylic acids is 1. The Balaban J connectivity index is 1.59. The topological polar surface area (TPSA) is 80.5 Å². The molecule has 2 fully saturated rings. The molecule has 2 aliphatic heterocycles. The molecule has 0 spiro atoms. The third-order valence-corrected chi connectivity index (χ3v) is 3.80. The average Bonchev–Trinajstić information content (AvgIpc) is 2.87. The van der Waals surface area contributed by atoms with Crippen LogP contribution in [-0.4, -0.2) is 62.8 Å². The summed E-state index contributed by atoms with van der Waals surface area (Å²) in [6.45, 7) is 4.71. The maximum atomic E-state index is 10.7. The van der Waals surface area contributed by atoms with Crippen molar-refractivity contribution >= 4 is 5.97 Å². The van der Waals surface area contributed by atoms with Crippen LogP contribution in [0.2, 0.25) is 0 Å². The van der Waals surface area contributed by atoms with Crippen LogP contribution < -0.4 is 0 Å². The molecule has 7 heteroatoms. The number of carboxylic acid groups (broad SMARTS) is 1. The van der Waals surface area contributed by atoms with E-state index in [0.717, 1.165) is 26.1 Å². The van der Waals surface area contributed by atoms with Gasteiger partial charge in [0, 0.05) is 25.7 Å². The zero-order valence-electron chi connectivity index (χ0n) is 10.2. The minimum absolute atomic E-state index is 0.00557. The van der Waals surface area contributed by atoms with Gasteiger partial charge in [0.1, 0.15) is 0 Å². The van der Waals surface area contributed by atoms with Gasteiger partial charge in [-0.3, -0.25) is 4.90 Å². The number of nitrogens with zero attached hydrogens (tertiary/aromatic N) is 4. The summed E-state index contributed by atoms with van der Waals surface area (Å²) in [5.74, 6) is -1.03. The van der Waals surface area contributed by atoms with E-state index in [2.05, 4.69) is 22.1 Å². The summed E-state index contributed by atoms with van der Waals surface area (Å²) >= 11 is 0. The van der Waals surface area contributed by atoms with Gasteiger partial charge < -0.3 is 9.84 Å². The van der Waals surface area contributed by atoms with Crippen molar-refractivity contribution in [3.05, 3.63) is 11.9 Å². The molecule has 1 aromatic heterocycles. The second-order valence-corrected chi connectivity index (χ2v) is 4.93. The lowest BCUT2D eigenvalue weighted by atomic mass is 10.0.